The first kappa shape index (κ1) is 19.5. The van der Waals surface area contributed by atoms with Gasteiger partial charge < -0.3 is 0 Å². The van der Waals surface area contributed by atoms with Crippen molar-refractivity contribution in [2.45, 2.75) is 109 Å². The molecule has 0 radical (unpaired) electrons. The van der Waals surface area contributed by atoms with Crippen molar-refractivity contribution in [2.24, 2.45) is 23.7 Å². The van der Waals surface area contributed by atoms with Gasteiger partial charge in [0.1, 0.15) is 0 Å². The summed E-state index contributed by atoms with van der Waals surface area (Å²) in [4.78, 5) is 0. The minimum atomic E-state index is 0.517. The molecular formula is C27H42. The number of hydrogen-bond donors (Lipinski definition) is 0. The van der Waals surface area contributed by atoms with E-state index in [-0.39, 0.29) is 0 Å². The summed E-state index contributed by atoms with van der Waals surface area (Å²) in [5.41, 5.74) is 2.19. The molecule has 3 aliphatic rings. The monoisotopic (exact) mass is 366 g/mol. The molecule has 0 heterocycles. The summed E-state index contributed by atoms with van der Waals surface area (Å²) in [5, 5.41) is 0. The van der Waals surface area contributed by atoms with E-state index < -0.39 is 0 Å². The summed E-state index contributed by atoms with van der Waals surface area (Å²) < 4.78 is 0. The molecule has 3 saturated carbocycles. The average Bonchev–Trinajstić information content (AvgIpc) is 2.76. The zero-order valence-corrected chi connectivity index (χ0v) is 17.8. The zero-order valence-electron chi connectivity index (χ0n) is 17.8. The molecule has 3 aliphatic carbocycles. The van der Waals surface area contributed by atoms with E-state index in [4.69, 9.17) is 0 Å². The third kappa shape index (κ3) is 4.30. The molecule has 0 aliphatic heterocycles. The fraction of sp³-hybridized carbons (Fsp3) is 0.778. The third-order valence-electron chi connectivity index (χ3n) is 8.90. The molecule has 150 valence electrons. The summed E-state index contributed by atoms with van der Waals surface area (Å²) in [5.74, 6) is 4.14. The topological polar surface area (TPSA) is 0 Å². The predicted molar refractivity (Wildman–Crippen MR) is 117 cm³/mol. The van der Waals surface area contributed by atoms with Gasteiger partial charge in [-0.2, -0.15) is 0 Å². The Bertz CT molecular complexity index is 537. The molecule has 0 unspecified atom stereocenters. The van der Waals surface area contributed by atoms with Crippen LogP contribution in [0.3, 0.4) is 0 Å². The molecule has 0 saturated heterocycles. The molecule has 1 aromatic carbocycles. The number of benzene rings is 1. The lowest BCUT2D eigenvalue weighted by molar-refractivity contribution is 0.0907. The Hall–Kier alpha value is -0.780. The lowest BCUT2D eigenvalue weighted by atomic mass is 9.56. The third-order valence-corrected chi connectivity index (χ3v) is 8.90. The lowest BCUT2D eigenvalue weighted by Gasteiger charge is -2.48. The molecule has 27 heavy (non-hydrogen) atoms. The molecule has 0 spiro atoms. The van der Waals surface area contributed by atoms with Gasteiger partial charge in [-0.3, -0.25) is 0 Å². The molecule has 0 nitrogen and oxygen atoms in total. The molecule has 0 atom stereocenters. The average molecular weight is 367 g/mol. The maximum atomic E-state index is 2.45. The minimum absolute atomic E-state index is 0.517. The first-order chi connectivity index (χ1) is 13.3. The van der Waals surface area contributed by atoms with Crippen LogP contribution in [0, 0.1) is 23.7 Å². The Morgan fingerprint density at radius 3 is 1.93 bits per heavy atom. The highest BCUT2D eigenvalue weighted by Crippen LogP contribution is 2.52. The van der Waals surface area contributed by atoms with Gasteiger partial charge >= 0.3 is 0 Å². The summed E-state index contributed by atoms with van der Waals surface area (Å²) in [7, 11) is 0. The van der Waals surface area contributed by atoms with E-state index in [0.29, 0.717) is 5.41 Å². The second-order valence-electron chi connectivity index (χ2n) is 10.3. The molecule has 0 heteroatoms. The molecule has 0 bridgehead atoms. The minimum Gasteiger partial charge on any atom is -0.0654 e. The highest BCUT2D eigenvalue weighted by molar-refractivity contribution is 5.27. The van der Waals surface area contributed by atoms with E-state index in [1.54, 1.807) is 18.4 Å². The van der Waals surface area contributed by atoms with Gasteiger partial charge in [0.15, 0.2) is 0 Å². The largest absolute Gasteiger partial charge is 0.0654 e. The van der Waals surface area contributed by atoms with Crippen LogP contribution in [-0.2, 0) is 5.41 Å². The maximum absolute atomic E-state index is 2.45. The van der Waals surface area contributed by atoms with E-state index in [1.165, 1.54) is 83.5 Å². The first-order valence-electron chi connectivity index (χ1n) is 12.4. The van der Waals surface area contributed by atoms with Crippen molar-refractivity contribution in [1.29, 1.82) is 0 Å². The van der Waals surface area contributed by atoms with Gasteiger partial charge in [-0.15, -0.1) is 0 Å². The van der Waals surface area contributed by atoms with E-state index in [2.05, 4.69) is 37.3 Å². The van der Waals surface area contributed by atoms with Crippen molar-refractivity contribution in [2.75, 3.05) is 0 Å². The molecule has 0 N–H and O–H groups in total. The maximum Gasteiger partial charge on any atom is -0.00187 e. The fourth-order valence-electron chi connectivity index (χ4n) is 7.39. The van der Waals surface area contributed by atoms with Crippen molar-refractivity contribution in [3.63, 3.8) is 0 Å². The fourth-order valence-corrected chi connectivity index (χ4v) is 7.39. The Labute approximate surface area is 168 Å². The quantitative estimate of drug-likeness (QED) is 0.491. The van der Waals surface area contributed by atoms with Crippen LogP contribution in [0.25, 0.3) is 0 Å². The predicted octanol–water partition coefficient (Wildman–Crippen LogP) is 8.30. The summed E-state index contributed by atoms with van der Waals surface area (Å²) in [6.07, 6.45) is 22.4. The normalized spacial score (nSPS) is 34.3. The Kier molecular flexibility index (Phi) is 6.62. The van der Waals surface area contributed by atoms with Crippen LogP contribution in [0.2, 0.25) is 0 Å². The van der Waals surface area contributed by atoms with Crippen LogP contribution >= 0.6 is 0 Å². The second kappa shape index (κ2) is 9.15. The lowest BCUT2D eigenvalue weighted by Crippen LogP contribution is -2.40. The second-order valence-corrected chi connectivity index (χ2v) is 10.3. The van der Waals surface area contributed by atoms with Crippen LogP contribution in [0.15, 0.2) is 30.3 Å². The van der Waals surface area contributed by atoms with E-state index >= 15 is 0 Å². The van der Waals surface area contributed by atoms with Crippen molar-refractivity contribution in [1.82, 2.24) is 0 Å². The summed E-state index contributed by atoms with van der Waals surface area (Å²) in [6, 6.07) is 11.7. The van der Waals surface area contributed by atoms with Gasteiger partial charge in [0.2, 0.25) is 0 Å². The standard InChI is InChI=1S/C27H42/c1-2-9-22-12-14-23(15-13-22)24-16-18-26(19-17-24)27(20-7-4-8-21-27)25-10-5-3-6-11-25/h3,5-6,10-11,22-24,26H,2,4,7-9,12-21H2,1H3. The molecule has 4 rings (SSSR count). The Balaban J connectivity index is 1.37. The SMILES string of the molecule is CCCC1CCC(C2CCC(C3(c4ccccc4)CCCCC3)CC2)CC1. The van der Waals surface area contributed by atoms with Gasteiger partial charge in [0.05, 0.1) is 0 Å². The van der Waals surface area contributed by atoms with Crippen molar-refractivity contribution >= 4 is 0 Å². The van der Waals surface area contributed by atoms with Gasteiger partial charge in [-0.05, 0) is 86.0 Å². The van der Waals surface area contributed by atoms with Crippen LogP contribution in [-0.4, -0.2) is 0 Å². The zero-order chi connectivity index (χ0) is 18.5. The van der Waals surface area contributed by atoms with Crippen molar-refractivity contribution in [3.05, 3.63) is 35.9 Å². The summed E-state index contributed by atoms with van der Waals surface area (Å²) in [6.45, 7) is 2.36. The van der Waals surface area contributed by atoms with Crippen LogP contribution in [0.4, 0.5) is 0 Å². The van der Waals surface area contributed by atoms with Crippen molar-refractivity contribution in [3.8, 4) is 0 Å². The molecular weight excluding hydrogens is 324 g/mol. The van der Waals surface area contributed by atoms with Crippen LogP contribution in [0.1, 0.15) is 109 Å². The molecule has 1 aromatic rings. The molecule has 0 amide bonds. The number of rotatable bonds is 5. The van der Waals surface area contributed by atoms with Gasteiger partial charge in [-0.25, -0.2) is 0 Å². The first-order valence-corrected chi connectivity index (χ1v) is 12.4. The van der Waals surface area contributed by atoms with E-state index in [1.807, 2.05) is 0 Å². The van der Waals surface area contributed by atoms with Gasteiger partial charge in [0.25, 0.3) is 0 Å². The Morgan fingerprint density at radius 2 is 1.33 bits per heavy atom. The number of hydrogen-bond acceptors (Lipinski definition) is 0. The summed E-state index contributed by atoms with van der Waals surface area (Å²) >= 11 is 0. The van der Waals surface area contributed by atoms with Crippen LogP contribution in [0.5, 0.6) is 0 Å². The molecule has 3 fully saturated rings. The van der Waals surface area contributed by atoms with Gasteiger partial charge in [-0.1, -0.05) is 82.2 Å². The van der Waals surface area contributed by atoms with Crippen molar-refractivity contribution < 1.29 is 0 Å². The van der Waals surface area contributed by atoms with Gasteiger partial charge in [0, 0.05) is 0 Å². The highest BCUT2D eigenvalue weighted by Gasteiger charge is 2.43. The van der Waals surface area contributed by atoms with E-state index in [0.717, 1.165) is 23.7 Å². The highest BCUT2D eigenvalue weighted by atomic mass is 14.5. The molecule has 0 aromatic heterocycles. The smallest absolute Gasteiger partial charge is 0.00187 e. The van der Waals surface area contributed by atoms with Crippen LogP contribution < -0.4 is 0 Å². The van der Waals surface area contributed by atoms with E-state index in [9.17, 15) is 0 Å². The Morgan fingerprint density at radius 1 is 0.741 bits per heavy atom.